The molecule has 0 saturated carbocycles. The second-order valence-corrected chi connectivity index (χ2v) is 10.5. The van der Waals surface area contributed by atoms with Gasteiger partial charge in [-0.05, 0) is 84.1 Å². The number of aryl methyl sites for hydroxylation is 3. The molecule has 5 rings (SSSR count). The van der Waals surface area contributed by atoms with Crippen LogP contribution in [0.15, 0.2) is 71.5 Å². The van der Waals surface area contributed by atoms with Crippen molar-refractivity contribution in [3.63, 3.8) is 0 Å². The van der Waals surface area contributed by atoms with E-state index >= 15 is 0 Å². The third-order valence-corrected chi connectivity index (χ3v) is 7.45. The summed E-state index contributed by atoms with van der Waals surface area (Å²) in [7, 11) is 1.66. The normalized spacial score (nSPS) is 12.2. The number of methoxy groups -OCH3 is 1. The van der Waals surface area contributed by atoms with E-state index in [0.29, 0.717) is 19.6 Å². The number of aromatic nitrogens is 5. The number of nitrogens with one attached hydrogen (secondary N) is 1. The van der Waals surface area contributed by atoms with Gasteiger partial charge in [-0.25, -0.2) is 4.68 Å². The predicted molar refractivity (Wildman–Crippen MR) is 157 cm³/mol. The molecule has 2 aromatic heterocycles. The molecule has 0 radical (unpaired) electrons. The number of ether oxygens (including phenoxy) is 1. The van der Waals surface area contributed by atoms with Crippen LogP contribution in [-0.2, 0) is 19.6 Å². The Morgan fingerprint density at radius 3 is 2.35 bits per heavy atom. The summed E-state index contributed by atoms with van der Waals surface area (Å²) in [6.45, 7) is 10.0. The lowest BCUT2D eigenvalue weighted by Crippen LogP contribution is -2.32. The number of fused-ring (bicyclic) bond motifs is 1. The molecule has 0 fully saturated rings. The molecule has 0 saturated heterocycles. The molecule has 2 heterocycles. The van der Waals surface area contributed by atoms with Crippen LogP contribution in [0.1, 0.15) is 58.6 Å². The van der Waals surface area contributed by atoms with Crippen LogP contribution in [-0.4, -0.2) is 37.2 Å². The Morgan fingerprint density at radius 1 is 0.925 bits per heavy atom. The van der Waals surface area contributed by atoms with E-state index in [-0.39, 0.29) is 11.6 Å². The van der Waals surface area contributed by atoms with Crippen LogP contribution in [0.3, 0.4) is 0 Å². The summed E-state index contributed by atoms with van der Waals surface area (Å²) >= 11 is 0. The molecule has 206 valence electrons. The van der Waals surface area contributed by atoms with Crippen LogP contribution in [0.5, 0.6) is 5.75 Å². The van der Waals surface area contributed by atoms with Crippen LogP contribution in [0.4, 0.5) is 0 Å². The molecule has 1 N–H and O–H groups in total. The third kappa shape index (κ3) is 5.97. The molecule has 3 aromatic carbocycles. The lowest BCUT2D eigenvalue weighted by molar-refractivity contribution is 0.161. The van der Waals surface area contributed by atoms with E-state index in [1.165, 1.54) is 11.1 Å². The molecule has 0 aliphatic heterocycles. The largest absolute Gasteiger partial charge is 0.497 e. The molecule has 8 heteroatoms. The maximum absolute atomic E-state index is 13.3. The molecule has 0 spiro atoms. The maximum Gasteiger partial charge on any atom is 0.252 e. The molecule has 40 heavy (non-hydrogen) atoms. The van der Waals surface area contributed by atoms with Gasteiger partial charge in [-0.2, -0.15) is 0 Å². The minimum Gasteiger partial charge on any atom is -0.497 e. The van der Waals surface area contributed by atoms with Gasteiger partial charge in [0.2, 0.25) is 0 Å². The molecule has 1 atom stereocenters. The van der Waals surface area contributed by atoms with Gasteiger partial charge in [0.1, 0.15) is 5.75 Å². The first-order chi connectivity index (χ1) is 19.3. The Hall–Kier alpha value is -4.30. The standard InChI is InChI=1S/C32H36N6O2/c1-6-30(31-34-35-36-38(31)19-25-11-13-27(40-5)14-12-25)37(18-24-9-7-21(2)8-10-24)20-26-17-28-23(4)15-22(3)16-29(28)33-32(26)39/h7-17,30H,6,18-20H2,1-5H3,(H,33,39)/t30-/m0/s1. The minimum atomic E-state index is -0.108. The number of hydrogen-bond acceptors (Lipinski definition) is 6. The number of pyridine rings is 1. The van der Waals surface area contributed by atoms with Crippen molar-refractivity contribution in [2.75, 3.05) is 7.11 Å². The van der Waals surface area contributed by atoms with Crippen LogP contribution in [0.25, 0.3) is 10.9 Å². The number of H-pyrrole nitrogens is 1. The summed E-state index contributed by atoms with van der Waals surface area (Å²) < 4.78 is 7.16. The Labute approximate surface area is 234 Å². The first-order valence-corrected chi connectivity index (χ1v) is 13.7. The number of tetrazole rings is 1. The van der Waals surface area contributed by atoms with Crippen molar-refractivity contribution in [3.8, 4) is 5.75 Å². The number of rotatable bonds is 10. The lowest BCUT2D eigenvalue weighted by Gasteiger charge is -2.30. The number of nitrogens with zero attached hydrogens (tertiary/aromatic N) is 5. The molecule has 5 aromatic rings. The molecule has 0 unspecified atom stereocenters. The second-order valence-electron chi connectivity index (χ2n) is 10.5. The van der Waals surface area contributed by atoms with Crippen molar-refractivity contribution >= 4 is 10.9 Å². The van der Waals surface area contributed by atoms with Gasteiger partial charge in [-0.1, -0.05) is 55.0 Å². The first-order valence-electron chi connectivity index (χ1n) is 13.7. The second kappa shape index (κ2) is 11.8. The van der Waals surface area contributed by atoms with Crippen molar-refractivity contribution in [2.24, 2.45) is 0 Å². The molecule has 8 nitrogen and oxygen atoms in total. The number of hydrogen-bond donors (Lipinski definition) is 1. The van der Waals surface area contributed by atoms with Crippen LogP contribution in [0.2, 0.25) is 0 Å². The minimum absolute atomic E-state index is 0.0703. The van der Waals surface area contributed by atoms with Crippen molar-refractivity contribution < 1.29 is 4.74 Å². The third-order valence-electron chi connectivity index (χ3n) is 7.45. The molecular weight excluding hydrogens is 500 g/mol. The maximum atomic E-state index is 13.3. The topological polar surface area (TPSA) is 88.9 Å². The summed E-state index contributed by atoms with van der Waals surface area (Å²) in [4.78, 5) is 18.7. The molecule has 0 bridgehead atoms. The van der Waals surface area contributed by atoms with Crippen LogP contribution >= 0.6 is 0 Å². The van der Waals surface area contributed by atoms with Crippen molar-refractivity contribution in [2.45, 2.75) is 59.8 Å². The number of aromatic amines is 1. The Kier molecular flexibility index (Phi) is 8.07. The van der Waals surface area contributed by atoms with Gasteiger partial charge in [-0.15, -0.1) is 5.10 Å². The summed E-state index contributed by atoms with van der Waals surface area (Å²) in [5.41, 5.74) is 7.25. The van der Waals surface area contributed by atoms with Gasteiger partial charge in [0.25, 0.3) is 5.56 Å². The molecule has 0 aliphatic carbocycles. The van der Waals surface area contributed by atoms with Gasteiger partial charge >= 0.3 is 0 Å². The van der Waals surface area contributed by atoms with E-state index in [9.17, 15) is 4.79 Å². The van der Waals surface area contributed by atoms with Crippen LogP contribution < -0.4 is 10.3 Å². The smallest absolute Gasteiger partial charge is 0.252 e. The first kappa shape index (κ1) is 27.3. The fraction of sp³-hybridized carbons (Fsp3) is 0.312. The zero-order valence-electron chi connectivity index (χ0n) is 23.8. The Bertz CT molecular complexity index is 1650. The number of benzene rings is 3. The molecule has 0 amide bonds. The quantitative estimate of drug-likeness (QED) is 0.248. The fourth-order valence-electron chi connectivity index (χ4n) is 5.33. The van der Waals surface area contributed by atoms with E-state index in [1.54, 1.807) is 7.11 Å². The summed E-state index contributed by atoms with van der Waals surface area (Å²) in [6, 6.07) is 22.6. The van der Waals surface area contributed by atoms with Gasteiger partial charge < -0.3 is 9.72 Å². The van der Waals surface area contributed by atoms with Crippen molar-refractivity contribution in [1.29, 1.82) is 0 Å². The fourth-order valence-corrected chi connectivity index (χ4v) is 5.33. The Morgan fingerprint density at radius 2 is 1.65 bits per heavy atom. The zero-order chi connectivity index (χ0) is 28.2. The highest BCUT2D eigenvalue weighted by molar-refractivity contribution is 5.83. The van der Waals surface area contributed by atoms with Gasteiger partial charge in [0.15, 0.2) is 5.82 Å². The van der Waals surface area contributed by atoms with E-state index in [4.69, 9.17) is 4.74 Å². The average Bonchev–Trinajstić information content (AvgIpc) is 3.39. The zero-order valence-corrected chi connectivity index (χ0v) is 23.8. The van der Waals surface area contributed by atoms with E-state index in [0.717, 1.165) is 51.2 Å². The Balaban J connectivity index is 1.52. The predicted octanol–water partition coefficient (Wildman–Crippen LogP) is 5.65. The van der Waals surface area contributed by atoms with Crippen molar-refractivity contribution in [3.05, 3.63) is 116 Å². The van der Waals surface area contributed by atoms with Crippen LogP contribution in [0, 0.1) is 20.8 Å². The highest BCUT2D eigenvalue weighted by Gasteiger charge is 2.26. The lowest BCUT2D eigenvalue weighted by atomic mass is 10.0. The van der Waals surface area contributed by atoms with E-state index in [1.807, 2.05) is 48.0 Å². The SMILES string of the molecule is CC[C@@H](c1nnnn1Cc1ccc(OC)cc1)N(Cc1ccc(C)cc1)Cc1cc2c(C)cc(C)cc2[nH]c1=O. The summed E-state index contributed by atoms with van der Waals surface area (Å²) in [6.07, 6.45) is 0.776. The highest BCUT2D eigenvalue weighted by atomic mass is 16.5. The van der Waals surface area contributed by atoms with E-state index in [2.05, 4.69) is 76.5 Å². The van der Waals surface area contributed by atoms with E-state index < -0.39 is 0 Å². The molecule has 0 aliphatic rings. The van der Waals surface area contributed by atoms with Gasteiger partial charge in [0, 0.05) is 29.6 Å². The molecular formula is C32H36N6O2. The van der Waals surface area contributed by atoms with Gasteiger partial charge in [0.05, 0.1) is 19.7 Å². The monoisotopic (exact) mass is 536 g/mol. The highest BCUT2D eigenvalue weighted by Crippen LogP contribution is 2.28. The summed E-state index contributed by atoms with van der Waals surface area (Å²) in [5, 5.41) is 13.9. The van der Waals surface area contributed by atoms with Crippen molar-refractivity contribution in [1.82, 2.24) is 30.1 Å². The summed E-state index contributed by atoms with van der Waals surface area (Å²) in [5.74, 6) is 1.58. The average molecular weight is 537 g/mol. The van der Waals surface area contributed by atoms with Gasteiger partial charge in [-0.3, -0.25) is 9.69 Å².